The van der Waals surface area contributed by atoms with Gasteiger partial charge in [-0.15, -0.1) is 0 Å². The van der Waals surface area contributed by atoms with Crippen LogP contribution in [0.2, 0.25) is 0 Å². The zero-order chi connectivity index (χ0) is 19.3. The van der Waals surface area contributed by atoms with Crippen LogP contribution in [-0.2, 0) is 4.79 Å². The normalized spacial score (nSPS) is 14.3. The van der Waals surface area contributed by atoms with Gasteiger partial charge in [0.2, 0.25) is 0 Å². The number of amides is 1. The van der Waals surface area contributed by atoms with Crippen molar-refractivity contribution in [1.29, 1.82) is 0 Å². The number of nitrogens with one attached hydrogen (secondary N) is 3. The van der Waals surface area contributed by atoms with Crippen LogP contribution in [0.3, 0.4) is 0 Å². The molecule has 0 unspecified atom stereocenters. The van der Waals surface area contributed by atoms with E-state index < -0.39 is 0 Å². The number of methoxy groups -OCH3 is 1. The average Bonchev–Trinajstić information content (AvgIpc) is 2.71. The van der Waals surface area contributed by atoms with Gasteiger partial charge >= 0.3 is 0 Å². The van der Waals surface area contributed by atoms with Crippen LogP contribution in [0.25, 0.3) is 0 Å². The van der Waals surface area contributed by atoms with Gasteiger partial charge in [-0.3, -0.25) is 15.6 Å². The van der Waals surface area contributed by atoms with E-state index in [1.54, 1.807) is 31.4 Å². The van der Waals surface area contributed by atoms with Crippen LogP contribution in [0.5, 0.6) is 11.5 Å². The van der Waals surface area contributed by atoms with E-state index in [1.807, 2.05) is 0 Å². The molecule has 0 aliphatic heterocycles. The Morgan fingerprint density at radius 1 is 1.07 bits per heavy atom. The summed E-state index contributed by atoms with van der Waals surface area (Å²) >= 11 is 5.16. The molecule has 0 atom stereocenters. The molecular weight excluding hydrogens is 362 g/mol. The molecule has 2 rings (SSSR count). The smallest absolute Gasteiger partial charge is 0.276 e. The number of carbonyl (C=O) groups is 1. The van der Waals surface area contributed by atoms with Gasteiger partial charge in [0.25, 0.3) is 5.91 Å². The van der Waals surface area contributed by atoms with Crippen molar-refractivity contribution in [2.75, 3.05) is 20.3 Å². The summed E-state index contributed by atoms with van der Waals surface area (Å²) in [5.41, 5.74) is 5.22. The Kier molecular flexibility index (Phi) is 9.76. The van der Waals surface area contributed by atoms with Gasteiger partial charge < -0.3 is 14.8 Å². The molecule has 1 amide bonds. The number of thiocarbonyl (C=S) groups is 1. The summed E-state index contributed by atoms with van der Waals surface area (Å²) in [5.74, 6) is 1.97. The third-order valence-electron chi connectivity index (χ3n) is 4.79. The fourth-order valence-electron chi connectivity index (χ4n) is 3.26. The summed E-state index contributed by atoms with van der Waals surface area (Å²) < 4.78 is 10.5. The van der Waals surface area contributed by atoms with Crippen molar-refractivity contribution in [2.45, 2.75) is 51.4 Å². The molecule has 1 aromatic carbocycles. The summed E-state index contributed by atoms with van der Waals surface area (Å²) in [5, 5.41) is 3.53. The molecule has 3 N–H and O–H groups in total. The van der Waals surface area contributed by atoms with Crippen LogP contribution in [0.4, 0.5) is 0 Å². The van der Waals surface area contributed by atoms with Crippen molar-refractivity contribution in [3.8, 4) is 11.5 Å². The van der Waals surface area contributed by atoms with E-state index in [2.05, 4.69) is 16.2 Å². The minimum Gasteiger partial charge on any atom is -0.497 e. The fraction of sp³-hybridized carbons (Fsp3) is 0.600. The van der Waals surface area contributed by atoms with E-state index in [9.17, 15) is 4.79 Å². The second kappa shape index (κ2) is 12.4. The highest BCUT2D eigenvalue weighted by atomic mass is 32.1. The van der Waals surface area contributed by atoms with Crippen LogP contribution in [-0.4, -0.2) is 31.3 Å². The van der Waals surface area contributed by atoms with Crippen molar-refractivity contribution in [3.63, 3.8) is 0 Å². The van der Waals surface area contributed by atoms with Crippen molar-refractivity contribution in [3.05, 3.63) is 24.3 Å². The van der Waals surface area contributed by atoms with E-state index in [4.69, 9.17) is 21.7 Å². The van der Waals surface area contributed by atoms with Crippen LogP contribution in [0.1, 0.15) is 51.4 Å². The van der Waals surface area contributed by atoms with Gasteiger partial charge in [0.15, 0.2) is 11.7 Å². The van der Waals surface area contributed by atoms with Crippen molar-refractivity contribution < 1.29 is 14.3 Å². The molecule has 1 aliphatic carbocycles. The Balaban J connectivity index is 1.48. The first kappa shape index (κ1) is 21.3. The van der Waals surface area contributed by atoms with Crippen molar-refractivity contribution in [1.82, 2.24) is 16.2 Å². The molecule has 1 aromatic rings. The molecule has 27 heavy (non-hydrogen) atoms. The number of hydrogen-bond donors (Lipinski definition) is 3. The monoisotopic (exact) mass is 393 g/mol. The minimum absolute atomic E-state index is 0.0939. The molecule has 0 spiro atoms. The van der Waals surface area contributed by atoms with E-state index >= 15 is 0 Å². The molecule has 0 aromatic heterocycles. The first-order valence-corrected chi connectivity index (χ1v) is 10.2. The predicted molar refractivity (Wildman–Crippen MR) is 111 cm³/mol. The Morgan fingerprint density at radius 3 is 2.48 bits per heavy atom. The van der Waals surface area contributed by atoms with Gasteiger partial charge in [0.05, 0.1) is 7.11 Å². The maximum Gasteiger partial charge on any atom is 0.276 e. The van der Waals surface area contributed by atoms with Gasteiger partial charge in [-0.05, 0) is 48.8 Å². The number of ether oxygens (including phenoxy) is 2. The molecule has 6 nitrogen and oxygen atoms in total. The second-order valence-corrected chi connectivity index (χ2v) is 7.30. The predicted octanol–water partition coefficient (Wildman–Crippen LogP) is 3.32. The SMILES string of the molecule is COc1ccc(OCC(=O)NNC(=S)NCCCCC2CCCCC2)cc1. The fourth-order valence-corrected chi connectivity index (χ4v) is 3.42. The van der Waals surface area contributed by atoms with Gasteiger partial charge in [0.1, 0.15) is 11.5 Å². The molecule has 0 bridgehead atoms. The lowest BCUT2D eigenvalue weighted by atomic mass is 9.86. The highest BCUT2D eigenvalue weighted by Crippen LogP contribution is 2.27. The molecule has 150 valence electrons. The number of unbranched alkanes of at least 4 members (excludes halogenated alkanes) is 1. The molecule has 1 saturated carbocycles. The third-order valence-corrected chi connectivity index (χ3v) is 5.04. The minimum atomic E-state index is -0.299. The number of benzene rings is 1. The topological polar surface area (TPSA) is 71.6 Å². The molecule has 0 saturated heterocycles. The van der Waals surface area contributed by atoms with Gasteiger partial charge in [0, 0.05) is 6.54 Å². The largest absolute Gasteiger partial charge is 0.497 e. The summed E-state index contributed by atoms with van der Waals surface area (Å²) in [7, 11) is 1.60. The standard InChI is InChI=1S/C20H31N3O3S/c1-25-17-10-12-18(13-11-17)26-15-19(24)22-23-20(27)21-14-6-5-9-16-7-3-2-4-8-16/h10-13,16H,2-9,14-15H2,1H3,(H,22,24)(H2,21,23,27). The van der Waals surface area contributed by atoms with Crippen molar-refractivity contribution in [2.24, 2.45) is 5.92 Å². The van der Waals surface area contributed by atoms with E-state index in [1.165, 1.54) is 44.9 Å². The van der Waals surface area contributed by atoms with Gasteiger partial charge in [-0.1, -0.05) is 44.9 Å². The van der Waals surface area contributed by atoms with Crippen LogP contribution in [0.15, 0.2) is 24.3 Å². The Bertz CT molecular complexity index is 574. The summed E-state index contributed by atoms with van der Waals surface area (Å²) in [6, 6.07) is 7.05. The van der Waals surface area contributed by atoms with Crippen LogP contribution < -0.4 is 25.6 Å². The Labute approximate surface area is 167 Å². The number of hydrazine groups is 1. The van der Waals surface area contributed by atoms with Crippen LogP contribution >= 0.6 is 12.2 Å². The lowest BCUT2D eigenvalue weighted by Crippen LogP contribution is -2.48. The number of carbonyl (C=O) groups excluding carboxylic acids is 1. The quantitative estimate of drug-likeness (QED) is 0.340. The maximum atomic E-state index is 11.8. The highest BCUT2D eigenvalue weighted by Gasteiger charge is 2.12. The Hall–Kier alpha value is -2.02. The van der Waals surface area contributed by atoms with Gasteiger partial charge in [-0.25, -0.2) is 0 Å². The number of hydrogen-bond acceptors (Lipinski definition) is 4. The number of rotatable bonds is 9. The zero-order valence-corrected chi connectivity index (χ0v) is 16.9. The lowest BCUT2D eigenvalue weighted by Gasteiger charge is -2.21. The molecule has 0 radical (unpaired) electrons. The zero-order valence-electron chi connectivity index (χ0n) is 16.1. The molecular formula is C20H31N3O3S. The summed E-state index contributed by atoms with van der Waals surface area (Å²) in [4.78, 5) is 11.8. The second-order valence-electron chi connectivity index (χ2n) is 6.89. The molecule has 1 fully saturated rings. The van der Waals surface area contributed by atoms with E-state index in [0.717, 1.165) is 24.6 Å². The Morgan fingerprint density at radius 2 is 1.78 bits per heavy atom. The van der Waals surface area contributed by atoms with E-state index in [-0.39, 0.29) is 12.5 Å². The molecule has 7 heteroatoms. The summed E-state index contributed by atoms with van der Waals surface area (Å²) in [6.07, 6.45) is 10.7. The lowest BCUT2D eigenvalue weighted by molar-refractivity contribution is -0.123. The summed E-state index contributed by atoms with van der Waals surface area (Å²) in [6.45, 7) is 0.722. The molecule has 1 aliphatic rings. The first-order chi connectivity index (χ1) is 13.2. The van der Waals surface area contributed by atoms with Crippen LogP contribution in [0, 0.1) is 5.92 Å². The third kappa shape index (κ3) is 8.95. The highest BCUT2D eigenvalue weighted by molar-refractivity contribution is 7.80. The van der Waals surface area contributed by atoms with Crippen molar-refractivity contribution >= 4 is 23.2 Å². The van der Waals surface area contributed by atoms with Gasteiger partial charge in [-0.2, -0.15) is 0 Å². The maximum absolute atomic E-state index is 11.8. The first-order valence-electron chi connectivity index (χ1n) is 9.77. The molecule has 0 heterocycles. The average molecular weight is 394 g/mol. The van der Waals surface area contributed by atoms with E-state index in [0.29, 0.717) is 10.9 Å².